The molecule has 3 amide bonds. The number of nitrogens with zero attached hydrogens (tertiary/aromatic N) is 1. The number of carbonyl (C=O) groups is 3. The normalized spacial score (nSPS) is 26.2. The third-order valence-corrected chi connectivity index (χ3v) is 5.21. The number of urea groups is 1. The topological polar surface area (TPSA) is 87.7 Å². The number of imide groups is 1. The molecule has 1 atom stereocenters. The van der Waals surface area contributed by atoms with Crippen molar-refractivity contribution in [3.8, 4) is 0 Å². The number of nitrogens with one attached hydrogen (secondary N) is 2. The van der Waals surface area contributed by atoms with Crippen molar-refractivity contribution in [3.05, 3.63) is 0 Å². The number of hydrogen-bond donors (Lipinski definition) is 2. The van der Waals surface area contributed by atoms with Crippen LogP contribution in [0, 0.1) is 0 Å². The second-order valence-electron chi connectivity index (χ2n) is 6.81. The van der Waals surface area contributed by atoms with Crippen molar-refractivity contribution in [2.45, 2.75) is 69.6 Å². The monoisotopic (exact) mass is 323 g/mol. The second kappa shape index (κ2) is 6.47. The van der Waals surface area contributed by atoms with Crippen molar-refractivity contribution >= 4 is 17.9 Å². The molecule has 2 aliphatic heterocycles. The van der Waals surface area contributed by atoms with Crippen LogP contribution in [0.5, 0.6) is 0 Å². The Morgan fingerprint density at radius 2 is 1.87 bits per heavy atom. The van der Waals surface area contributed by atoms with Crippen LogP contribution in [0.25, 0.3) is 0 Å². The average Bonchev–Trinajstić information content (AvgIpc) is 2.78. The van der Waals surface area contributed by atoms with Gasteiger partial charge in [0.25, 0.3) is 5.91 Å². The molecule has 7 heteroatoms. The summed E-state index contributed by atoms with van der Waals surface area (Å²) in [5.41, 5.74) is -0.846. The summed E-state index contributed by atoms with van der Waals surface area (Å²) in [5, 5.41) is 5.98. The number of ether oxygens (including phenoxy) is 1. The molecule has 3 fully saturated rings. The van der Waals surface area contributed by atoms with Gasteiger partial charge >= 0.3 is 12.0 Å². The van der Waals surface area contributed by atoms with Crippen LogP contribution in [0.15, 0.2) is 0 Å². The smallest absolute Gasteiger partial charge is 0.329 e. The van der Waals surface area contributed by atoms with Gasteiger partial charge in [-0.1, -0.05) is 6.42 Å². The third kappa shape index (κ3) is 3.06. The summed E-state index contributed by atoms with van der Waals surface area (Å²) in [6, 6.07) is -1.36. The maximum atomic E-state index is 12.7. The third-order valence-electron chi connectivity index (χ3n) is 5.21. The van der Waals surface area contributed by atoms with E-state index in [1.807, 2.05) is 0 Å². The van der Waals surface area contributed by atoms with E-state index in [4.69, 9.17) is 4.74 Å². The van der Waals surface area contributed by atoms with Crippen LogP contribution in [0.4, 0.5) is 4.79 Å². The molecule has 1 aliphatic carbocycles. The number of hydrogen-bond acceptors (Lipinski definition) is 5. The Hall–Kier alpha value is -1.63. The van der Waals surface area contributed by atoms with Gasteiger partial charge in [0.15, 0.2) is 0 Å². The molecule has 7 nitrogen and oxygen atoms in total. The van der Waals surface area contributed by atoms with Crippen molar-refractivity contribution in [2.75, 3.05) is 13.1 Å². The molecule has 3 rings (SSSR count). The predicted molar refractivity (Wildman–Crippen MR) is 82.6 cm³/mol. The Labute approximate surface area is 136 Å². The van der Waals surface area contributed by atoms with E-state index in [9.17, 15) is 14.4 Å². The maximum Gasteiger partial charge on any atom is 0.329 e. The molecule has 23 heavy (non-hydrogen) atoms. The highest BCUT2D eigenvalue weighted by Gasteiger charge is 2.54. The Bertz CT molecular complexity index is 496. The standard InChI is InChI=1S/C16H25N3O4/c1-11(13(20)23-12-5-3-2-4-6-12)19-14(21)16(18-15(19)22)7-9-17-10-8-16/h11-12,17H,2-10H2,1H3,(H,18,22). The van der Waals surface area contributed by atoms with Crippen LogP contribution < -0.4 is 10.6 Å². The lowest BCUT2D eigenvalue weighted by atomic mass is 9.88. The first-order chi connectivity index (χ1) is 11.0. The number of rotatable bonds is 3. The van der Waals surface area contributed by atoms with E-state index in [1.165, 1.54) is 6.42 Å². The van der Waals surface area contributed by atoms with Crippen molar-refractivity contribution in [2.24, 2.45) is 0 Å². The van der Waals surface area contributed by atoms with E-state index in [0.29, 0.717) is 25.9 Å². The zero-order valence-electron chi connectivity index (χ0n) is 13.6. The van der Waals surface area contributed by atoms with Crippen molar-refractivity contribution in [1.29, 1.82) is 0 Å². The van der Waals surface area contributed by atoms with Crippen molar-refractivity contribution in [1.82, 2.24) is 15.5 Å². The second-order valence-corrected chi connectivity index (χ2v) is 6.81. The van der Waals surface area contributed by atoms with Gasteiger partial charge in [0.05, 0.1) is 0 Å². The molecule has 1 saturated carbocycles. The number of amides is 3. The average molecular weight is 323 g/mol. The maximum absolute atomic E-state index is 12.7. The summed E-state index contributed by atoms with van der Waals surface area (Å²) in [4.78, 5) is 38.4. The van der Waals surface area contributed by atoms with Gasteiger partial charge in [0.2, 0.25) is 0 Å². The van der Waals surface area contributed by atoms with Crippen LogP contribution in [0.2, 0.25) is 0 Å². The summed E-state index contributed by atoms with van der Waals surface area (Å²) in [6.45, 7) is 2.93. The molecule has 2 heterocycles. The lowest BCUT2D eigenvalue weighted by Gasteiger charge is -2.31. The molecule has 2 saturated heterocycles. The number of esters is 1. The van der Waals surface area contributed by atoms with Gasteiger partial charge < -0.3 is 15.4 Å². The van der Waals surface area contributed by atoms with Gasteiger partial charge in [-0.2, -0.15) is 0 Å². The van der Waals surface area contributed by atoms with Gasteiger partial charge in [-0.25, -0.2) is 14.5 Å². The Morgan fingerprint density at radius 3 is 2.52 bits per heavy atom. The zero-order valence-corrected chi connectivity index (χ0v) is 13.6. The van der Waals surface area contributed by atoms with E-state index >= 15 is 0 Å². The highest BCUT2D eigenvalue weighted by molar-refractivity contribution is 6.09. The first-order valence-electron chi connectivity index (χ1n) is 8.60. The summed E-state index contributed by atoms with van der Waals surface area (Å²) in [5.74, 6) is -0.775. The molecule has 0 aromatic rings. The van der Waals surface area contributed by atoms with E-state index in [2.05, 4.69) is 10.6 Å². The quantitative estimate of drug-likeness (QED) is 0.596. The largest absolute Gasteiger partial charge is 0.461 e. The highest BCUT2D eigenvalue weighted by atomic mass is 16.5. The summed E-state index contributed by atoms with van der Waals surface area (Å²) in [7, 11) is 0. The fourth-order valence-corrected chi connectivity index (χ4v) is 3.74. The first kappa shape index (κ1) is 16.2. The van der Waals surface area contributed by atoms with Crippen LogP contribution >= 0.6 is 0 Å². The molecule has 1 spiro atoms. The van der Waals surface area contributed by atoms with Crippen molar-refractivity contribution < 1.29 is 19.1 Å². The van der Waals surface area contributed by atoms with E-state index < -0.39 is 23.6 Å². The molecule has 2 N–H and O–H groups in total. The summed E-state index contributed by atoms with van der Waals surface area (Å²) in [6.07, 6.45) is 6.07. The first-order valence-corrected chi connectivity index (χ1v) is 8.60. The molecular formula is C16H25N3O4. The lowest BCUT2D eigenvalue weighted by molar-refractivity contribution is -0.158. The Balaban J connectivity index is 1.66. The van der Waals surface area contributed by atoms with Gasteiger partial charge in [0.1, 0.15) is 17.7 Å². The van der Waals surface area contributed by atoms with Gasteiger partial charge in [-0.3, -0.25) is 4.79 Å². The fourth-order valence-electron chi connectivity index (χ4n) is 3.74. The molecule has 0 bridgehead atoms. The number of carbonyl (C=O) groups excluding carboxylic acids is 3. The van der Waals surface area contributed by atoms with Crippen molar-refractivity contribution in [3.63, 3.8) is 0 Å². The van der Waals surface area contributed by atoms with E-state index in [0.717, 1.165) is 30.6 Å². The van der Waals surface area contributed by atoms with Gasteiger partial charge in [0, 0.05) is 0 Å². The van der Waals surface area contributed by atoms with Gasteiger partial charge in [-0.05, 0) is 58.5 Å². The zero-order chi connectivity index (χ0) is 16.4. The fraction of sp³-hybridized carbons (Fsp3) is 0.812. The molecule has 3 aliphatic rings. The molecule has 0 radical (unpaired) electrons. The van der Waals surface area contributed by atoms with Crippen LogP contribution in [0.3, 0.4) is 0 Å². The lowest BCUT2D eigenvalue weighted by Crippen LogP contribution is -2.54. The van der Waals surface area contributed by atoms with Crippen LogP contribution in [-0.4, -0.2) is 53.6 Å². The minimum atomic E-state index is -0.876. The van der Waals surface area contributed by atoms with E-state index in [-0.39, 0.29) is 12.0 Å². The molecule has 0 aromatic carbocycles. The Morgan fingerprint density at radius 1 is 1.22 bits per heavy atom. The minimum Gasteiger partial charge on any atom is -0.461 e. The summed E-state index contributed by atoms with van der Waals surface area (Å²) >= 11 is 0. The molecule has 128 valence electrons. The molecular weight excluding hydrogens is 298 g/mol. The summed E-state index contributed by atoms with van der Waals surface area (Å²) < 4.78 is 5.51. The SMILES string of the molecule is CC(C(=O)OC1CCCCC1)N1C(=O)NC2(CCNCC2)C1=O. The van der Waals surface area contributed by atoms with Crippen LogP contribution in [0.1, 0.15) is 51.9 Å². The van der Waals surface area contributed by atoms with E-state index in [1.54, 1.807) is 6.92 Å². The minimum absolute atomic E-state index is 0.0766. The molecule has 0 aromatic heterocycles. The van der Waals surface area contributed by atoms with Crippen LogP contribution in [-0.2, 0) is 14.3 Å². The van der Waals surface area contributed by atoms with Gasteiger partial charge in [-0.15, -0.1) is 0 Å². The highest BCUT2D eigenvalue weighted by Crippen LogP contribution is 2.29. The molecule has 1 unspecified atom stereocenters. The Kier molecular flexibility index (Phi) is 4.57. The number of piperidine rings is 1. The predicted octanol–water partition coefficient (Wildman–Crippen LogP) is 0.925.